The lowest BCUT2D eigenvalue weighted by atomic mass is 10.1. The summed E-state index contributed by atoms with van der Waals surface area (Å²) in [5.74, 6) is 0. The van der Waals surface area contributed by atoms with Crippen LogP contribution in [0.25, 0.3) is 0 Å². The Labute approximate surface area is 109 Å². The van der Waals surface area contributed by atoms with E-state index in [2.05, 4.69) is 0 Å². The topological polar surface area (TPSA) is 52.6 Å². The fourth-order valence-corrected chi connectivity index (χ4v) is 1.59. The molecule has 0 aromatic carbocycles. The highest BCUT2D eigenvalue weighted by molar-refractivity contribution is 5.73. The maximum absolute atomic E-state index is 10.7. The highest BCUT2D eigenvalue weighted by Gasteiger charge is 2.06. The van der Waals surface area contributed by atoms with E-state index in [1.807, 2.05) is 19.9 Å². The largest absolute Gasteiger partial charge is 0.353 e. The highest BCUT2D eigenvalue weighted by Crippen LogP contribution is 2.10. The SMILES string of the molecule is CCOC(CCC/C=C(/C=O)CCC=O)OCC. The number of hydrogen-bond donors (Lipinski definition) is 0. The maximum Gasteiger partial charge on any atom is 0.157 e. The fraction of sp³-hybridized carbons (Fsp3) is 0.714. The second kappa shape index (κ2) is 12.5. The predicted octanol–water partition coefficient (Wildman–Crippen LogP) is 2.66. The van der Waals surface area contributed by atoms with E-state index in [0.29, 0.717) is 31.6 Å². The zero-order chi connectivity index (χ0) is 13.6. The number of unbranched alkanes of at least 4 members (excludes halogenated alkanes) is 1. The van der Waals surface area contributed by atoms with Gasteiger partial charge in [-0.1, -0.05) is 6.08 Å². The molecule has 4 heteroatoms. The van der Waals surface area contributed by atoms with Crippen LogP contribution in [0.15, 0.2) is 11.6 Å². The van der Waals surface area contributed by atoms with Gasteiger partial charge in [-0.3, -0.25) is 4.79 Å². The van der Waals surface area contributed by atoms with Gasteiger partial charge in [0, 0.05) is 19.6 Å². The molecule has 0 aromatic heterocycles. The molecule has 0 aliphatic rings. The molecule has 0 heterocycles. The molecule has 0 bridgehead atoms. The van der Waals surface area contributed by atoms with E-state index >= 15 is 0 Å². The van der Waals surface area contributed by atoms with Gasteiger partial charge in [0.05, 0.1) is 0 Å². The number of rotatable bonds is 12. The first-order valence-electron chi connectivity index (χ1n) is 6.59. The molecule has 4 nitrogen and oxygen atoms in total. The molecule has 0 N–H and O–H groups in total. The van der Waals surface area contributed by atoms with Crippen molar-refractivity contribution in [2.75, 3.05) is 13.2 Å². The molecule has 0 saturated carbocycles. The summed E-state index contributed by atoms with van der Waals surface area (Å²) in [5.41, 5.74) is 0.700. The quantitative estimate of drug-likeness (QED) is 0.233. The predicted molar refractivity (Wildman–Crippen MR) is 70.3 cm³/mol. The Morgan fingerprint density at radius 2 is 1.78 bits per heavy atom. The Kier molecular flexibility index (Phi) is 11.8. The fourth-order valence-electron chi connectivity index (χ4n) is 1.59. The minimum absolute atomic E-state index is 0.150. The standard InChI is InChI=1S/C14H24O4/c1-3-17-14(18-4-2)10-6-5-8-13(12-16)9-7-11-15/h8,11-12,14H,3-7,9-10H2,1-2H3/b13-8+. The molecule has 0 aliphatic heterocycles. The van der Waals surface area contributed by atoms with Crippen molar-refractivity contribution in [2.45, 2.75) is 52.2 Å². The molecule has 18 heavy (non-hydrogen) atoms. The van der Waals surface area contributed by atoms with Crippen molar-refractivity contribution in [3.63, 3.8) is 0 Å². The molecule has 0 rings (SSSR count). The van der Waals surface area contributed by atoms with Crippen LogP contribution in [-0.4, -0.2) is 32.1 Å². The van der Waals surface area contributed by atoms with E-state index < -0.39 is 0 Å². The van der Waals surface area contributed by atoms with Crippen molar-refractivity contribution in [1.29, 1.82) is 0 Å². The summed E-state index contributed by atoms with van der Waals surface area (Å²) in [7, 11) is 0. The first-order valence-corrected chi connectivity index (χ1v) is 6.59. The number of hydrogen-bond acceptors (Lipinski definition) is 4. The van der Waals surface area contributed by atoms with E-state index in [1.165, 1.54) is 0 Å². The Hall–Kier alpha value is -1.00. The number of carbonyl (C=O) groups is 2. The summed E-state index contributed by atoms with van der Waals surface area (Å²) in [4.78, 5) is 20.9. The van der Waals surface area contributed by atoms with Crippen molar-refractivity contribution in [3.05, 3.63) is 11.6 Å². The Balaban J connectivity index is 3.87. The molecule has 0 spiro atoms. The normalized spacial score (nSPS) is 11.8. The first-order chi connectivity index (χ1) is 8.78. The van der Waals surface area contributed by atoms with Crippen LogP contribution in [0.1, 0.15) is 46.0 Å². The zero-order valence-electron chi connectivity index (χ0n) is 11.4. The second-order valence-corrected chi connectivity index (χ2v) is 3.87. The zero-order valence-corrected chi connectivity index (χ0v) is 11.4. The monoisotopic (exact) mass is 256 g/mol. The third kappa shape index (κ3) is 9.07. The van der Waals surface area contributed by atoms with E-state index in [-0.39, 0.29) is 6.29 Å². The smallest absolute Gasteiger partial charge is 0.157 e. The molecular weight excluding hydrogens is 232 g/mol. The van der Waals surface area contributed by atoms with Crippen molar-refractivity contribution in [3.8, 4) is 0 Å². The second-order valence-electron chi connectivity index (χ2n) is 3.87. The lowest BCUT2D eigenvalue weighted by Crippen LogP contribution is -2.16. The molecule has 0 unspecified atom stereocenters. The van der Waals surface area contributed by atoms with Crippen molar-refractivity contribution >= 4 is 12.6 Å². The summed E-state index contributed by atoms with van der Waals surface area (Å²) >= 11 is 0. The van der Waals surface area contributed by atoms with Crippen LogP contribution in [0.5, 0.6) is 0 Å². The highest BCUT2D eigenvalue weighted by atomic mass is 16.7. The van der Waals surface area contributed by atoms with Crippen LogP contribution >= 0.6 is 0 Å². The molecule has 0 radical (unpaired) electrons. The van der Waals surface area contributed by atoms with E-state index in [9.17, 15) is 9.59 Å². The minimum atomic E-state index is -0.150. The van der Waals surface area contributed by atoms with Gasteiger partial charge in [-0.05, 0) is 45.1 Å². The Bertz CT molecular complexity index is 242. The van der Waals surface area contributed by atoms with Gasteiger partial charge in [0.15, 0.2) is 6.29 Å². The molecule has 0 fully saturated rings. The third-order valence-electron chi connectivity index (χ3n) is 2.46. The van der Waals surface area contributed by atoms with Gasteiger partial charge in [-0.2, -0.15) is 0 Å². The first kappa shape index (κ1) is 17.0. The van der Waals surface area contributed by atoms with Crippen LogP contribution < -0.4 is 0 Å². The van der Waals surface area contributed by atoms with E-state index in [1.54, 1.807) is 0 Å². The lowest BCUT2D eigenvalue weighted by molar-refractivity contribution is -0.139. The Morgan fingerprint density at radius 3 is 2.28 bits per heavy atom. The van der Waals surface area contributed by atoms with E-state index in [4.69, 9.17) is 9.47 Å². The summed E-state index contributed by atoms with van der Waals surface area (Å²) < 4.78 is 10.8. The van der Waals surface area contributed by atoms with Gasteiger partial charge in [0.25, 0.3) is 0 Å². The summed E-state index contributed by atoms with van der Waals surface area (Å²) in [5, 5.41) is 0. The van der Waals surface area contributed by atoms with Gasteiger partial charge in [-0.25, -0.2) is 0 Å². The van der Waals surface area contributed by atoms with Crippen molar-refractivity contribution < 1.29 is 19.1 Å². The minimum Gasteiger partial charge on any atom is -0.353 e. The third-order valence-corrected chi connectivity index (χ3v) is 2.46. The van der Waals surface area contributed by atoms with Gasteiger partial charge in [0.2, 0.25) is 0 Å². The Morgan fingerprint density at radius 1 is 1.11 bits per heavy atom. The van der Waals surface area contributed by atoms with Gasteiger partial charge >= 0.3 is 0 Å². The van der Waals surface area contributed by atoms with Gasteiger partial charge < -0.3 is 14.3 Å². The number of allylic oxidation sites excluding steroid dienone is 2. The molecule has 104 valence electrons. The van der Waals surface area contributed by atoms with Crippen LogP contribution in [0.3, 0.4) is 0 Å². The van der Waals surface area contributed by atoms with Gasteiger partial charge in [0.1, 0.15) is 12.6 Å². The lowest BCUT2D eigenvalue weighted by Gasteiger charge is -2.16. The van der Waals surface area contributed by atoms with Crippen molar-refractivity contribution in [1.82, 2.24) is 0 Å². The molecular formula is C14H24O4. The molecule has 0 aliphatic carbocycles. The number of ether oxygens (including phenoxy) is 2. The van der Waals surface area contributed by atoms with Crippen molar-refractivity contribution in [2.24, 2.45) is 0 Å². The molecule has 0 atom stereocenters. The molecule has 0 amide bonds. The molecule has 0 saturated heterocycles. The summed E-state index contributed by atoms with van der Waals surface area (Å²) in [6, 6.07) is 0. The number of aldehydes is 2. The number of carbonyl (C=O) groups excluding carboxylic acids is 2. The van der Waals surface area contributed by atoms with Crippen LogP contribution in [0.2, 0.25) is 0 Å². The van der Waals surface area contributed by atoms with Crippen LogP contribution in [0.4, 0.5) is 0 Å². The van der Waals surface area contributed by atoms with Crippen LogP contribution in [-0.2, 0) is 19.1 Å². The average molecular weight is 256 g/mol. The van der Waals surface area contributed by atoms with Crippen LogP contribution in [0, 0.1) is 0 Å². The summed E-state index contributed by atoms with van der Waals surface area (Å²) in [6.07, 6.45) is 6.88. The average Bonchev–Trinajstić information content (AvgIpc) is 2.38. The van der Waals surface area contributed by atoms with E-state index in [0.717, 1.165) is 31.8 Å². The summed E-state index contributed by atoms with van der Waals surface area (Å²) in [6.45, 7) is 5.16. The maximum atomic E-state index is 10.7. The molecule has 0 aromatic rings. The van der Waals surface area contributed by atoms with Gasteiger partial charge in [-0.15, -0.1) is 0 Å².